The fraction of sp³-hybridized carbons (Fsp3) is 0.588. The van der Waals surface area contributed by atoms with Gasteiger partial charge in [0, 0.05) is 49.2 Å². The average Bonchev–Trinajstić information content (AvgIpc) is 3.18. The summed E-state index contributed by atoms with van der Waals surface area (Å²) in [7, 11) is 0. The summed E-state index contributed by atoms with van der Waals surface area (Å²) in [6, 6.07) is 1.91. The van der Waals surface area contributed by atoms with Crippen molar-refractivity contribution in [2.24, 2.45) is 0 Å². The van der Waals surface area contributed by atoms with Crippen molar-refractivity contribution < 1.29 is 4.79 Å². The van der Waals surface area contributed by atoms with Crippen molar-refractivity contribution in [3.63, 3.8) is 0 Å². The molecule has 5 nitrogen and oxygen atoms in total. The molecule has 2 aromatic heterocycles. The van der Waals surface area contributed by atoms with E-state index in [-0.39, 0.29) is 5.91 Å². The van der Waals surface area contributed by atoms with Gasteiger partial charge in [0.05, 0.1) is 10.7 Å². The SMILES string of the molecule is Cc1nc([C@@H]2CCCN(C(=O)CCCn3cccn3)C2)sc1C. The lowest BCUT2D eigenvalue weighted by Crippen LogP contribution is -2.39. The van der Waals surface area contributed by atoms with Crippen LogP contribution in [0.15, 0.2) is 18.5 Å². The van der Waals surface area contributed by atoms with E-state index in [1.165, 1.54) is 9.88 Å². The fourth-order valence-corrected chi connectivity index (χ4v) is 4.11. The zero-order valence-corrected chi connectivity index (χ0v) is 14.7. The number of nitrogens with zero attached hydrogens (tertiary/aromatic N) is 4. The molecule has 0 aliphatic carbocycles. The number of hydrogen-bond donors (Lipinski definition) is 0. The van der Waals surface area contributed by atoms with E-state index in [0.717, 1.165) is 44.6 Å². The van der Waals surface area contributed by atoms with Gasteiger partial charge >= 0.3 is 0 Å². The van der Waals surface area contributed by atoms with E-state index < -0.39 is 0 Å². The van der Waals surface area contributed by atoms with Gasteiger partial charge in [-0.2, -0.15) is 5.10 Å². The van der Waals surface area contributed by atoms with E-state index in [2.05, 4.69) is 18.9 Å². The molecule has 0 saturated carbocycles. The molecule has 0 radical (unpaired) electrons. The summed E-state index contributed by atoms with van der Waals surface area (Å²) in [6.45, 7) is 6.71. The van der Waals surface area contributed by atoms with Gasteiger partial charge in [0.15, 0.2) is 0 Å². The van der Waals surface area contributed by atoms with Crippen molar-refractivity contribution in [1.82, 2.24) is 19.7 Å². The van der Waals surface area contributed by atoms with Crippen LogP contribution in [0.25, 0.3) is 0 Å². The Morgan fingerprint density at radius 2 is 2.30 bits per heavy atom. The van der Waals surface area contributed by atoms with Gasteiger partial charge in [-0.3, -0.25) is 9.48 Å². The average molecular weight is 332 g/mol. The number of thiazole rings is 1. The number of likely N-dealkylation sites (tertiary alicyclic amines) is 1. The first-order chi connectivity index (χ1) is 11.1. The number of piperidine rings is 1. The summed E-state index contributed by atoms with van der Waals surface area (Å²) in [5, 5.41) is 5.38. The molecule has 1 aliphatic heterocycles. The Morgan fingerprint density at radius 3 is 3.00 bits per heavy atom. The highest BCUT2D eigenvalue weighted by molar-refractivity contribution is 7.11. The molecule has 23 heavy (non-hydrogen) atoms. The van der Waals surface area contributed by atoms with Crippen LogP contribution in [0.2, 0.25) is 0 Å². The smallest absolute Gasteiger partial charge is 0.222 e. The summed E-state index contributed by atoms with van der Waals surface area (Å²) in [4.78, 5) is 20.5. The van der Waals surface area contributed by atoms with Crippen molar-refractivity contribution in [2.45, 2.75) is 52.0 Å². The zero-order chi connectivity index (χ0) is 16.2. The van der Waals surface area contributed by atoms with Gasteiger partial charge in [0.25, 0.3) is 0 Å². The number of aromatic nitrogens is 3. The number of rotatable bonds is 5. The molecule has 0 aromatic carbocycles. The Bertz CT molecular complexity index is 630. The van der Waals surface area contributed by atoms with E-state index in [1.807, 2.05) is 21.8 Å². The molecule has 1 aliphatic rings. The minimum Gasteiger partial charge on any atom is -0.342 e. The molecule has 0 unspecified atom stereocenters. The maximum atomic E-state index is 12.5. The molecule has 3 heterocycles. The Labute approximate surface area is 141 Å². The van der Waals surface area contributed by atoms with Crippen LogP contribution in [0.4, 0.5) is 0 Å². The summed E-state index contributed by atoms with van der Waals surface area (Å²) < 4.78 is 1.88. The monoisotopic (exact) mass is 332 g/mol. The molecule has 1 saturated heterocycles. The Kier molecular flexibility index (Phi) is 5.10. The molecule has 0 spiro atoms. The molecular formula is C17H24N4OS. The standard InChI is InChI=1S/C17H24N4OS/c1-13-14(2)23-17(19-13)15-6-3-9-20(12-15)16(22)7-4-10-21-11-5-8-18-21/h5,8,11,15H,3-4,6-7,9-10,12H2,1-2H3/t15-/m1/s1. The summed E-state index contributed by atoms with van der Waals surface area (Å²) in [5.74, 6) is 0.683. The molecule has 2 aromatic rings. The molecule has 1 fully saturated rings. The Morgan fingerprint density at radius 1 is 1.43 bits per heavy atom. The second-order valence-electron chi connectivity index (χ2n) is 6.25. The lowest BCUT2D eigenvalue weighted by Gasteiger charge is -2.32. The fourth-order valence-electron chi connectivity index (χ4n) is 3.06. The molecule has 1 atom stereocenters. The summed E-state index contributed by atoms with van der Waals surface area (Å²) in [6.07, 6.45) is 7.37. The first kappa shape index (κ1) is 16.2. The van der Waals surface area contributed by atoms with Gasteiger partial charge < -0.3 is 4.90 Å². The maximum absolute atomic E-state index is 12.5. The van der Waals surface area contributed by atoms with Gasteiger partial charge in [-0.1, -0.05) is 0 Å². The highest BCUT2D eigenvalue weighted by Gasteiger charge is 2.26. The quantitative estimate of drug-likeness (QED) is 0.845. The van der Waals surface area contributed by atoms with Gasteiger partial charge in [-0.25, -0.2) is 4.98 Å². The van der Waals surface area contributed by atoms with Crippen molar-refractivity contribution in [3.8, 4) is 0 Å². The number of hydrogen-bond acceptors (Lipinski definition) is 4. The largest absolute Gasteiger partial charge is 0.342 e. The van der Waals surface area contributed by atoms with E-state index in [9.17, 15) is 4.79 Å². The Balaban J connectivity index is 1.52. The normalized spacial score (nSPS) is 18.3. The van der Waals surface area contributed by atoms with Crippen molar-refractivity contribution in [1.29, 1.82) is 0 Å². The zero-order valence-electron chi connectivity index (χ0n) is 13.9. The van der Waals surface area contributed by atoms with E-state index >= 15 is 0 Å². The lowest BCUT2D eigenvalue weighted by molar-refractivity contribution is -0.132. The van der Waals surface area contributed by atoms with Crippen molar-refractivity contribution >= 4 is 17.2 Å². The molecule has 1 amide bonds. The van der Waals surface area contributed by atoms with E-state index in [1.54, 1.807) is 17.5 Å². The third-order valence-electron chi connectivity index (χ3n) is 4.51. The highest BCUT2D eigenvalue weighted by atomic mass is 32.1. The maximum Gasteiger partial charge on any atom is 0.222 e. The third-order valence-corrected chi connectivity index (χ3v) is 5.74. The molecule has 0 bridgehead atoms. The topological polar surface area (TPSA) is 51.0 Å². The van der Waals surface area contributed by atoms with E-state index in [0.29, 0.717) is 12.3 Å². The second-order valence-corrected chi connectivity index (χ2v) is 7.48. The van der Waals surface area contributed by atoms with Crippen LogP contribution in [0.1, 0.15) is 47.2 Å². The number of carbonyl (C=O) groups excluding carboxylic acids is 1. The summed E-state index contributed by atoms with van der Waals surface area (Å²) in [5.41, 5.74) is 1.13. The van der Waals surface area contributed by atoms with Gasteiger partial charge in [-0.05, 0) is 39.2 Å². The van der Waals surface area contributed by atoms with E-state index in [4.69, 9.17) is 4.98 Å². The molecule has 3 rings (SSSR count). The Hall–Kier alpha value is -1.69. The number of aryl methyl sites for hydroxylation is 3. The number of carbonyl (C=O) groups is 1. The number of amides is 1. The van der Waals surface area contributed by atoms with Crippen LogP contribution >= 0.6 is 11.3 Å². The van der Waals surface area contributed by atoms with Crippen LogP contribution in [0.5, 0.6) is 0 Å². The molecule has 124 valence electrons. The van der Waals surface area contributed by atoms with Crippen LogP contribution < -0.4 is 0 Å². The van der Waals surface area contributed by atoms with Crippen molar-refractivity contribution in [3.05, 3.63) is 34.0 Å². The lowest BCUT2D eigenvalue weighted by atomic mass is 9.98. The first-order valence-corrected chi connectivity index (χ1v) is 9.14. The van der Waals surface area contributed by atoms with Gasteiger partial charge in [0.2, 0.25) is 5.91 Å². The molecular weight excluding hydrogens is 308 g/mol. The minimum atomic E-state index is 0.270. The molecule has 0 N–H and O–H groups in total. The van der Waals surface area contributed by atoms with Crippen LogP contribution in [-0.4, -0.2) is 38.7 Å². The first-order valence-electron chi connectivity index (χ1n) is 8.32. The third kappa shape index (κ3) is 3.99. The minimum absolute atomic E-state index is 0.270. The van der Waals surface area contributed by atoms with Gasteiger partial charge in [0.1, 0.15) is 0 Å². The predicted octanol–water partition coefficient (Wildman–Crippen LogP) is 3.14. The van der Waals surface area contributed by atoms with Crippen LogP contribution in [-0.2, 0) is 11.3 Å². The van der Waals surface area contributed by atoms with Crippen LogP contribution in [0, 0.1) is 13.8 Å². The second kappa shape index (κ2) is 7.25. The predicted molar refractivity (Wildman–Crippen MR) is 91.6 cm³/mol. The van der Waals surface area contributed by atoms with Crippen molar-refractivity contribution in [2.75, 3.05) is 13.1 Å². The summed E-state index contributed by atoms with van der Waals surface area (Å²) >= 11 is 1.79. The highest BCUT2D eigenvalue weighted by Crippen LogP contribution is 2.31. The van der Waals surface area contributed by atoms with Crippen LogP contribution in [0.3, 0.4) is 0 Å². The molecule has 6 heteroatoms. The van der Waals surface area contributed by atoms with Gasteiger partial charge in [-0.15, -0.1) is 11.3 Å².